The minimum Gasteiger partial charge on any atom is -0.478 e. The summed E-state index contributed by atoms with van der Waals surface area (Å²) in [5, 5.41) is 11.9. The van der Waals surface area contributed by atoms with Crippen LogP contribution in [-0.2, 0) is 20.9 Å². The van der Waals surface area contributed by atoms with Gasteiger partial charge in [-0.25, -0.2) is 4.79 Å². The average molecular weight is 293 g/mol. The summed E-state index contributed by atoms with van der Waals surface area (Å²) in [7, 11) is 1.53. The van der Waals surface area contributed by atoms with Gasteiger partial charge in [0, 0.05) is 19.4 Å². The highest BCUT2D eigenvalue weighted by atomic mass is 16.5. The summed E-state index contributed by atoms with van der Waals surface area (Å²) < 4.78 is 10.3. The van der Waals surface area contributed by atoms with Crippen LogP contribution in [0.2, 0.25) is 0 Å². The molecule has 6 nitrogen and oxygen atoms in total. The Labute approximate surface area is 123 Å². The Balaban J connectivity index is 2.13. The molecule has 1 unspecified atom stereocenters. The fourth-order valence-electron chi connectivity index (χ4n) is 2.33. The quantitative estimate of drug-likeness (QED) is 0.866. The van der Waals surface area contributed by atoms with Crippen molar-refractivity contribution >= 4 is 17.6 Å². The van der Waals surface area contributed by atoms with Crippen LogP contribution in [0.1, 0.15) is 28.8 Å². The van der Waals surface area contributed by atoms with Crippen molar-refractivity contribution in [3.63, 3.8) is 0 Å². The third kappa shape index (κ3) is 4.27. The lowest BCUT2D eigenvalue weighted by molar-refractivity contribution is -0.123. The van der Waals surface area contributed by atoms with Gasteiger partial charge in [-0.1, -0.05) is 0 Å². The first-order valence-electron chi connectivity index (χ1n) is 6.85. The zero-order valence-corrected chi connectivity index (χ0v) is 11.9. The topological polar surface area (TPSA) is 84.9 Å². The SMILES string of the molecule is COCc1cc(NC(=O)C2CCCOC2)cc(C(=O)O)c1. The monoisotopic (exact) mass is 293 g/mol. The molecule has 1 aliphatic rings. The summed E-state index contributed by atoms with van der Waals surface area (Å²) in [4.78, 5) is 23.3. The van der Waals surface area contributed by atoms with E-state index in [0.29, 0.717) is 24.5 Å². The Morgan fingerprint density at radius 3 is 2.86 bits per heavy atom. The largest absolute Gasteiger partial charge is 0.478 e. The molecule has 1 fully saturated rings. The number of methoxy groups -OCH3 is 1. The minimum absolute atomic E-state index is 0.125. The number of hydrogen-bond donors (Lipinski definition) is 2. The van der Waals surface area contributed by atoms with Crippen molar-refractivity contribution in [1.29, 1.82) is 0 Å². The van der Waals surface area contributed by atoms with Crippen molar-refractivity contribution in [2.45, 2.75) is 19.4 Å². The fraction of sp³-hybridized carbons (Fsp3) is 0.467. The van der Waals surface area contributed by atoms with Gasteiger partial charge in [-0.2, -0.15) is 0 Å². The van der Waals surface area contributed by atoms with Crippen LogP contribution in [0, 0.1) is 5.92 Å². The molecule has 0 aromatic heterocycles. The molecule has 1 aromatic carbocycles. The van der Waals surface area contributed by atoms with Crippen LogP contribution in [0.3, 0.4) is 0 Å². The standard InChI is InChI=1S/C15H19NO5/c1-20-8-10-5-12(15(18)19)7-13(6-10)16-14(17)11-3-2-4-21-9-11/h5-7,11H,2-4,8-9H2,1H3,(H,16,17)(H,18,19). The normalized spacial score (nSPS) is 18.2. The molecule has 1 saturated heterocycles. The molecule has 114 valence electrons. The van der Waals surface area contributed by atoms with Crippen LogP contribution in [0.5, 0.6) is 0 Å². The number of amides is 1. The molecule has 1 aliphatic heterocycles. The molecule has 2 rings (SSSR count). The van der Waals surface area contributed by atoms with Gasteiger partial charge in [-0.05, 0) is 36.6 Å². The Hall–Kier alpha value is -1.92. The van der Waals surface area contributed by atoms with Gasteiger partial charge in [0.15, 0.2) is 0 Å². The highest BCUT2D eigenvalue weighted by Gasteiger charge is 2.22. The first-order valence-corrected chi connectivity index (χ1v) is 6.85. The molecule has 21 heavy (non-hydrogen) atoms. The minimum atomic E-state index is -1.04. The Bertz CT molecular complexity index is 523. The third-order valence-electron chi connectivity index (χ3n) is 3.35. The molecule has 6 heteroatoms. The highest BCUT2D eigenvalue weighted by Crippen LogP contribution is 2.19. The van der Waals surface area contributed by atoms with Gasteiger partial charge in [-0.15, -0.1) is 0 Å². The smallest absolute Gasteiger partial charge is 0.335 e. The van der Waals surface area contributed by atoms with Crippen LogP contribution in [-0.4, -0.2) is 37.3 Å². The molecule has 1 aromatic rings. The number of rotatable bonds is 5. The van der Waals surface area contributed by atoms with Gasteiger partial charge in [-0.3, -0.25) is 4.79 Å². The number of carbonyl (C=O) groups excluding carboxylic acids is 1. The number of nitrogens with one attached hydrogen (secondary N) is 1. The van der Waals surface area contributed by atoms with Gasteiger partial charge in [0.25, 0.3) is 0 Å². The van der Waals surface area contributed by atoms with Crippen LogP contribution in [0.25, 0.3) is 0 Å². The van der Waals surface area contributed by atoms with Gasteiger partial charge in [0.1, 0.15) is 0 Å². The number of ether oxygens (including phenoxy) is 2. The Kier molecular flexibility index (Phi) is 5.30. The van der Waals surface area contributed by atoms with E-state index in [1.165, 1.54) is 19.2 Å². The van der Waals surface area contributed by atoms with E-state index in [2.05, 4.69) is 5.32 Å². The Morgan fingerprint density at radius 1 is 1.43 bits per heavy atom. The molecule has 0 spiro atoms. The molecule has 0 radical (unpaired) electrons. The molecule has 2 N–H and O–H groups in total. The van der Waals surface area contributed by atoms with E-state index in [4.69, 9.17) is 14.6 Å². The van der Waals surface area contributed by atoms with Crippen molar-refractivity contribution in [2.24, 2.45) is 5.92 Å². The van der Waals surface area contributed by atoms with Gasteiger partial charge in [0.2, 0.25) is 5.91 Å². The van der Waals surface area contributed by atoms with Crippen LogP contribution < -0.4 is 5.32 Å². The van der Waals surface area contributed by atoms with Crippen molar-refractivity contribution < 1.29 is 24.2 Å². The molecular formula is C15H19NO5. The first kappa shape index (κ1) is 15.5. The lowest BCUT2D eigenvalue weighted by Gasteiger charge is -2.21. The molecule has 1 amide bonds. The summed E-state index contributed by atoms with van der Waals surface area (Å²) in [6, 6.07) is 4.70. The number of anilines is 1. The number of aromatic carboxylic acids is 1. The lowest BCUT2D eigenvalue weighted by atomic mass is 10.0. The maximum absolute atomic E-state index is 12.1. The number of benzene rings is 1. The summed E-state index contributed by atoms with van der Waals surface area (Å²) in [6.45, 7) is 1.39. The van der Waals surface area contributed by atoms with Crippen LogP contribution >= 0.6 is 0 Å². The van der Waals surface area contributed by atoms with Crippen molar-refractivity contribution in [2.75, 3.05) is 25.6 Å². The van der Waals surface area contributed by atoms with Crippen LogP contribution in [0.15, 0.2) is 18.2 Å². The van der Waals surface area contributed by atoms with E-state index in [0.717, 1.165) is 12.8 Å². The number of carboxylic acid groups (broad SMARTS) is 1. The van der Waals surface area contributed by atoms with E-state index < -0.39 is 5.97 Å². The zero-order chi connectivity index (χ0) is 15.2. The van der Waals surface area contributed by atoms with E-state index in [9.17, 15) is 9.59 Å². The summed E-state index contributed by atoms with van der Waals surface area (Å²) >= 11 is 0. The van der Waals surface area contributed by atoms with Crippen molar-refractivity contribution in [1.82, 2.24) is 0 Å². The zero-order valence-electron chi connectivity index (χ0n) is 11.9. The number of hydrogen-bond acceptors (Lipinski definition) is 4. The van der Waals surface area contributed by atoms with E-state index in [-0.39, 0.29) is 24.0 Å². The fourth-order valence-corrected chi connectivity index (χ4v) is 2.33. The van der Waals surface area contributed by atoms with Crippen molar-refractivity contribution in [3.8, 4) is 0 Å². The summed E-state index contributed by atoms with van der Waals surface area (Å²) in [5.74, 6) is -1.36. The first-order chi connectivity index (χ1) is 10.1. The second kappa shape index (κ2) is 7.19. The van der Waals surface area contributed by atoms with Crippen molar-refractivity contribution in [3.05, 3.63) is 29.3 Å². The molecule has 0 saturated carbocycles. The maximum atomic E-state index is 12.1. The van der Waals surface area contributed by atoms with Gasteiger partial charge < -0.3 is 19.9 Å². The molecule has 1 heterocycles. The van der Waals surface area contributed by atoms with Gasteiger partial charge >= 0.3 is 5.97 Å². The summed E-state index contributed by atoms with van der Waals surface area (Å²) in [5.41, 5.74) is 1.30. The molecule has 1 atom stereocenters. The summed E-state index contributed by atoms with van der Waals surface area (Å²) in [6.07, 6.45) is 1.65. The Morgan fingerprint density at radius 2 is 2.24 bits per heavy atom. The predicted octanol–water partition coefficient (Wildman–Crippen LogP) is 1.90. The van der Waals surface area contributed by atoms with E-state index in [1.54, 1.807) is 6.07 Å². The number of carbonyl (C=O) groups is 2. The molecule has 0 aliphatic carbocycles. The maximum Gasteiger partial charge on any atom is 0.335 e. The average Bonchev–Trinajstić information content (AvgIpc) is 2.48. The lowest BCUT2D eigenvalue weighted by Crippen LogP contribution is -2.30. The second-order valence-corrected chi connectivity index (χ2v) is 5.06. The molecule has 0 bridgehead atoms. The van der Waals surface area contributed by atoms with E-state index in [1.807, 2.05) is 0 Å². The number of carboxylic acids is 1. The van der Waals surface area contributed by atoms with Gasteiger partial charge in [0.05, 0.1) is 24.7 Å². The van der Waals surface area contributed by atoms with Crippen LogP contribution in [0.4, 0.5) is 5.69 Å². The predicted molar refractivity (Wildman–Crippen MR) is 76.3 cm³/mol. The molecular weight excluding hydrogens is 274 g/mol. The second-order valence-electron chi connectivity index (χ2n) is 5.06. The van der Waals surface area contributed by atoms with E-state index >= 15 is 0 Å². The third-order valence-corrected chi connectivity index (χ3v) is 3.35. The highest BCUT2D eigenvalue weighted by molar-refractivity contribution is 5.95.